The van der Waals surface area contributed by atoms with Crippen LogP contribution >= 0.6 is 0 Å². The molecule has 4 heteroatoms. The van der Waals surface area contributed by atoms with Crippen LogP contribution in [0.2, 0.25) is 0 Å². The van der Waals surface area contributed by atoms with Crippen molar-refractivity contribution in [1.29, 1.82) is 0 Å². The van der Waals surface area contributed by atoms with Crippen LogP contribution in [0.4, 0.5) is 5.69 Å². The third-order valence-electron chi connectivity index (χ3n) is 5.69. The highest BCUT2D eigenvalue weighted by Gasteiger charge is 2.34. The maximum Gasteiger partial charge on any atom is 0.255 e. The maximum atomic E-state index is 13.1. The molecule has 0 saturated heterocycles. The topological polar surface area (TPSA) is 49.4 Å². The first-order chi connectivity index (χ1) is 14.5. The van der Waals surface area contributed by atoms with Crippen molar-refractivity contribution in [2.24, 2.45) is 0 Å². The van der Waals surface area contributed by atoms with Gasteiger partial charge in [0.2, 0.25) is 5.91 Å². The molecule has 152 valence electrons. The van der Waals surface area contributed by atoms with Gasteiger partial charge in [-0.2, -0.15) is 0 Å². The van der Waals surface area contributed by atoms with Gasteiger partial charge in [0.05, 0.1) is 12.5 Å². The Kier molecular flexibility index (Phi) is 5.66. The molecule has 1 aliphatic heterocycles. The van der Waals surface area contributed by atoms with Crippen LogP contribution in [-0.4, -0.2) is 16.7 Å². The Morgan fingerprint density at radius 1 is 1.03 bits per heavy atom. The molecule has 0 fully saturated rings. The summed E-state index contributed by atoms with van der Waals surface area (Å²) >= 11 is 0. The Balaban J connectivity index is 1.59. The summed E-state index contributed by atoms with van der Waals surface area (Å²) < 4.78 is 0. The van der Waals surface area contributed by atoms with Gasteiger partial charge in [-0.25, -0.2) is 0 Å². The fraction of sp³-hybridized carbons (Fsp3) is 0.231. The summed E-state index contributed by atoms with van der Waals surface area (Å²) in [5.74, 6) is -0.116. The van der Waals surface area contributed by atoms with Gasteiger partial charge in [0.25, 0.3) is 5.91 Å². The molecule has 1 unspecified atom stereocenters. The smallest absolute Gasteiger partial charge is 0.255 e. The second-order valence-corrected chi connectivity index (χ2v) is 7.82. The van der Waals surface area contributed by atoms with Crippen LogP contribution in [0.3, 0.4) is 0 Å². The maximum absolute atomic E-state index is 13.1. The fourth-order valence-corrected chi connectivity index (χ4v) is 3.98. The monoisotopic (exact) mass is 398 g/mol. The molecule has 1 atom stereocenters. The summed E-state index contributed by atoms with van der Waals surface area (Å²) in [5.41, 5.74) is 5.82. The molecule has 0 bridgehead atoms. The van der Waals surface area contributed by atoms with E-state index in [9.17, 15) is 9.59 Å². The largest absolute Gasteiger partial charge is 0.327 e. The Hall–Kier alpha value is -3.40. The summed E-state index contributed by atoms with van der Waals surface area (Å²) in [4.78, 5) is 27.9. The SMILES string of the molecule is CCc1cccc(NC(=O)CC(c2ccc(C)cc2)N2Cc3ccccc3C2=O)c1. The molecule has 3 aromatic rings. The van der Waals surface area contributed by atoms with Gasteiger partial charge in [0, 0.05) is 17.8 Å². The van der Waals surface area contributed by atoms with Gasteiger partial charge in [-0.3, -0.25) is 9.59 Å². The number of fused-ring (bicyclic) bond motifs is 1. The van der Waals surface area contributed by atoms with E-state index in [-0.39, 0.29) is 24.3 Å². The minimum Gasteiger partial charge on any atom is -0.327 e. The lowest BCUT2D eigenvalue weighted by Gasteiger charge is -2.28. The average Bonchev–Trinajstić information content (AvgIpc) is 3.09. The van der Waals surface area contributed by atoms with Crippen LogP contribution in [0.1, 0.15) is 52.0 Å². The lowest BCUT2D eigenvalue weighted by molar-refractivity contribution is -0.117. The first-order valence-electron chi connectivity index (χ1n) is 10.4. The van der Waals surface area contributed by atoms with Gasteiger partial charge in [-0.05, 0) is 48.2 Å². The summed E-state index contributed by atoms with van der Waals surface area (Å²) in [6, 6.07) is 23.3. The van der Waals surface area contributed by atoms with Crippen LogP contribution in [0, 0.1) is 6.92 Å². The number of nitrogens with zero attached hydrogens (tertiary/aromatic N) is 1. The number of carbonyl (C=O) groups is 2. The van der Waals surface area contributed by atoms with E-state index >= 15 is 0 Å². The molecular formula is C26H26N2O2. The minimum absolute atomic E-state index is 0.0167. The fourth-order valence-electron chi connectivity index (χ4n) is 3.98. The molecular weight excluding hydrogens is 372 g/mol. The van der Waals surface area contributed by atoms with Crippen molar-refractivity contribution < 1.29 is 9.59 Å². The number of rotatable bonds is 6. The van der Waals surface area contributed by atoms with Crippen LogP contribution in [0.15, 0.2) is 72.8 Å². The number of nitrogens with one attached hydrogen (secondary N) is 1. The highest BCUT2D eigenvalue weighted by molar-refractivity contribution is 5.99. The van der Waals surface area contributed by atoms with E-state index < -0.39 is 0 Å². The molecule has 3 aromatic carbocycles. The molecule has 0 radical (unpaired) electrons. The van der Waals surface area contributed by atoms with E-state index in [1.54, 1.807) is 0 Å². The van der Waals surface area contributed by atoms with Gasteiger partial charge in [0.15, 0.2) is 0 Å². The highest BCUT2D eigenvalue weighted by atomic mass is 16.2. The van der Waals surface area contributed by atoms with E-state index in [1.807, 2.05) is 84.6 Å². The Morgan fingerprint density at radius 2 is 1.80 bits per heavy atom. The Labute approximate surface area is 177 Å². The molecule has 4 rings (SSSR count). The lowest BCUT2D eigenvalue weighted by Crippen LogP contribution is -2.32. The third kappa shape index (κ3) is 4.13. The van der Waals surface area contributed by atoms with Crippen LogP contribution in [-0.2, 0) is 17.8 Å². The molecule has 0 spiro atoms. The van der Waals surface area contributed by atoms with Crippen molar-refractivity contribution in [1.82, 2.24) is 4.90 Å². The Morgan fingerprint density at radius 3 is 2.53 bits per heavy atom. The summed E-state index contributed by atoms with van der Waals surface area (Å²) in [6.07, 6.45) is 1.12. The van der Waals surface area contributed by atoms with Crippen LogP contribution < -0.4 is 5.32 Å². The first-order valence-corrected chi connectivity index (χ1v) is 10.4. The van der Waals surface area contributed by atoms with Gasteiger partial charge in [-0.15, -0.1) is 0 Å². The van der Waals surface area contributed by atoms with E-state index in [4.69, 9.17) is 0 Å². The third-order valence-corrected chi connectivity index (χ3v) is 5.69. The number of carbonyl (C=O) groups excluding carboxylic acids is 2. The molecule has 1 N–H and O–H groups in total. The van der Waals surface area contributed by atoms with Crippen molar-refractivity contribution in [3.63, 3.8) is 0 Å². The van der Waals surface area contributed by atoms with Crippen LogP contribution in [0.5, 0.6) is 0 Å². The molecule has 30 heavy (non-hydrogen) atoms. The van der Waals surface area contributed by atoms with Gasteiger partial charge in [0.1, 0.15) is 0 Å². The molecule has 1 heterocycles. The van der Waals surface area contributed by atoms with E-state index in [1.165, 1.54) is 5.56 Å². The molecule has 2 amide bonds. The molecule has 4 nitrogen and oxygen atoms in total. The quantitative estimate of drug-likeness (QED) is 0.614. The predicted octanol–water partition coefficient (Wildman–Crippen LogP) is 5.28. The standard InChI is InChI=1S/C26H26N2O2/c1-3-19-7-6-9-22(15-19)27-25(29)16-24(20-13-11-18(2)12-14-20)28-17-21-8-4-5-10-23(21)26(28)30/h4-15,24H,3,16-17H2,1-2H3,(H,27,29). The molecule has 0 aliphatic carbocycles. The van der Waals surface area contributed by atoms with Crippen molar-refractivity contribution in [3.05, 3.63) is 101 Å². The highest BCUT2D eigenvalue weighted by Crippen LogP contribution is 2.33. The zero-order valence-corrected chi connectivity index (χ0v) is 17.4. The van der Waals surface area contributed by atoms with Gasteiger partial charge < -0.3 is 10.2 Å². The van der Waals surface area contributed by atoms with E-state index in [2.05, 4.69) is 12.2 Å². The van der Waals surface area contributed by atoms with E-state index in [0.29, 0.717) is 6.54 Å². The van der Waals surface area contributed by atoms with Crippen molar-refractivity contribution >= 4 is 17.5 Å². The molecule has 0 saturated carbocycles. The average molecular weight is 399 g/mol. The second kappa shape index (κ2) is 8.54. The number of benzene rings is 3. The number of hydrogen-bond donors (Lipinski definition) is 1. The lowest BCUT2D eigenvalue weighted by atomic mass is 10.00. The number of hydrogen-bond acceptors (Lipinski definition) is 2. The normalized spacial score (nSPS) is 13.8. The number of amides is 2. The zero-order valence-electron chi connectivity index (χ0n) is 17.4. The van der Waals surface area contributed by atoms with Gasteiger partial charge in [-0.1, -0.05) is 67.1 Å². The van der Waals surface area contributed by atoms with Crippen molar-refractivity contribution in [2.75, 3.05) is 5.32 Å². The molecule has 0 aromatic heterocycles. The van der Waals surface area contributed by atoms with Crippen molar-refractivity contribution in [3.8, 4) is 0 Å². The number of anilines is 1. The zero-order chi connectivity index (χ0) is 21.1. The summed E-state index contributed by atoms with van der Waals surface area (Å²) in [7, 11) is 0. The van der Waals surface area contributed by atoms with Gasteiger partial charge >= 0.3 is 0 Å². The minimum atomic E-state index is -0.320. The summed E-state index contributed by atoms with van der Waals surface area (Å²) in [6.45, 7) is 4.64. The molecule has 1 aliphatic rings. The first kappa shape index (κ1) is 19.9. The predicted molar refractivity (Wildman–Crippen MR) is 119 cm³/mol. The second-order valence-electron chi connectivity index (χ2n) is 7.82. The van der Waals surface area contributed by atoms with Crippen LogP contribution in [0.25, 0.3) is 0 Å². The van der Waals surface area contributed by atoms with E-state index in [0.717, 1.165) is 34.4 Å². The Bertz CT molecular complexity index is 1070. The number of aryl methyl sites for hydroxylation is 2. The summed E-state index contributed by atoms with van der Waals surface area (Å²) in [5, 5.41) is 3.01. The van der Waals surface area contributed by atoms with Crippen molar-refractivity contribution in [2.45, 2.75) is 39.3 Å².